The second kappa shape index (κ2) is 12.0. The van der Waals surface area contributed by atoms with Crippen molar-refractivity contribution in [2.45, 2.75) is 57.6 Å². The molecule has 1 aromatic heterocycles. The molecular weight excluding hydrogens is 482 g/mol. The first kappa shape index (κ1) is 26.3. The summed E-state index contributed by atoms with van der Waals surface area (Å²) in [7, 11) is 1.47. The first-order valence-electron chi connectivity index (χ1n) is 12.4. The predicted octanol–water partition coefficient (Wildman–Crippen LogP) is 3.38. The Morgan fingerprint density at radius 3 is 2.92 bits per heavy atom. The lowest BCUT2D eigenvalue weighted by molar-refractivity contribution is -0.118. The molecule has 1 aliphatic carbocycles. The summed E-state index contributed by atoms with van der Waals surface area (Å²) in [5.74, 6) is 0.671. The van der Waals surface area contributed by atoms with E-state index >= 15 is 0 Å². The molecule has 12 heteroatoms. The van der Waals surface area contributed by atoms with Gasteiger partial charge in [-0.1, -0.05) is 0 Å². The number of aromatic amines is 1. The fourth-order valence-corrected chi connectivity index (χ4v) is 4.23. The van der Waals surface area contributed by atoms with Crippen LogP contribution in [-0.4, -0.2) is 77.6 Å². The number of hydrogen-bond acceptors (Lipinski definition) is 9. The maximum atomic E-state index is 12.5. The SMILES string of the molecule is COc1cc(O)c(C=NC(C)C)c(OCC(=O)Nc2cc(C3CCC(OC(=O)N4CCCO4)C3)[nH]n2)c1. The summed E-state index contributed by atoms with van der Waals surface area (Å²) < 4.78 is 16.4. The number of aliphatic imine (C=N–C) groups is 1. The number of hydroxylamine groups is 2. The minimum atomic E-state index is -0.441. The number of carbonyl (C=O) groups is 2. The van der Waals surface area contributed by atoms with Crippen LogP contribution in [0.5, 0.6) is 17.2 Å². The molecule has 0 bridgehead atoms. The summed E-state index contributed by atoms with van der Waals surface area (Å²) in [6.45, 7) is 4.59. The zero-order valence-electron chi connectivity index (χ0n) is 21.2. The van der Waals surface area contributed by atoms with E-state index < -0.39 is 12.0 Å². The van der Waals surface area contributed by atoms with Crippen LogP contribution >= 0.6 is 0 Å². The molecule has 4 rings (SSSR count). The standard InChI is InChI=1S/C25H33N5O7/c1-15(2)26-13-19-21(31)10-18(34-3)11-22(19)35-14-24(32)27-23-12-20(28-29-23)16-5-6-17(9-16)37-25(33)30-7-4-8-36-30/h10-13,15-17,31H,4-9,14H2,1-3H3,(H2,27,28,29,32). The smallest absolute Gasteiger partial charge is 0.434 e. The van der Waals surface area contributed by atoms with E-state index in [-0.39, 0.29) is 36.2 Å². The van der Waals surface area contributed by atoms with Crippen LogP contribution in [0.25, 0.3) is 0 Å². The Morgan fingerprint density at radius 2 is 2.19 bits per heavy atom. The lowest BCUT2D eigenvalue weighted by Gasteiger charge is -2.17. The molecule has 1 aliphatic heterocycles. The minimum Gasteiger partial charge on any atom is -0.507 e. The number of methoxy groups -OCH3 is 1. The average molecular weight is 516 g/mol. The van der Waals surface area contributed by atoms with Gasteiger partial charge in [0.15, 0.2) is 12.4 Å². The Kier molecular flexibility index (Phi) is 8.49. The molecule has 1 aromatic carbocycles. The van der Waals surface area contributed by atoms with Crippen molar-refractivity contribution in [3.63, 3.8) is 0 Å². The highest BCUT2D eigenvalue weighted by Gasteiger charge is 2.32. The van der Waals surface area contributed by atoms with Crippen molar-refractivity contribution in [3.8, 4) is 17.2 Å². The van der Waals surface area contributed by atoms with Gasteiger partial charge in [-0.2, -0.15) is 10.2 Å². The number of H-pyrrole nitrogens is 1. The summed E-state index contributed by atoms with van der Waals surface area (Å²) in [4.78, 5) is 34.2. The number of aromatic nitrogens is 2. The van der Waals surface area contributed by atoms with E-state index in [0.717, 1.165) is 25.0 Å². The number of nitrogens with zero attached hydrogens (tertiary/aromatic N) is 3. The molecule has 2 atom stereocenters. The minimum absolute atomic E-state index is 0.0211. The number of anilines is 1. The number of phenols is 1. The normalized spacial score (nSPS) is 19.5. The van der Waals surface area contributed by atoms with Gasteiger partial charge in [-0.15, -0.1) is 0 Å². The van der Waals surface area contributed by atoms with E-state index in [9.17, 15) is 14.7 Å². The van der Waals surface area contributed by atoms with Gasteiger partial charge in [-0.05, 0) is 39.5 Å². The summed E-state index contributed by atoms with van der Waals surface area (Å²) >= 11 is 0. The molecule has 0 radical (unpaired) electrons. The number of benzene rings is 1. The van der Waals surface area contributed by atoms with Gasteiger partial charge < -0.3 is 24.6 Å². The fraction of sp³-hybridized carbons (Fsp3) is 0.520. The highest BCUT2D eigenvalue weighted by molar-refractivity contribution is 5.92. The van der Waals surface area contributed by atoms with E-state index in [1.165, 1.54) is 24.5 Å². The third-order valence-corrected chi connectivity index (χ3v) is 6.10. The quantitative estimate of drug-likeness (QED) is 0.431. The van der Waals surface area contributed by atoms with Crippen LogP contribution in [0.1, 0.15) is 56.7 Å². The van der Waals surface area contributed by atoms with E-state index in [0.29, 0.717) is 36.7 Å². The summed E-state index contributed by atoms with van der Waals surface area (Å²) in [5, 5.41) is 21.5. The Hall–Kier alpha value is -3.80. The highest BCUT2D eigenvalue weighted by Crippen LogP contribution is 2.36. The number of nitrogens with one attached hydrogen (secondary N) is 2. The molecule has 12 nitrogen and oxygen atoms in total. The second-order valence-corrected chi connectivity index (χ2v) is 9.28. The Balaban J connectivity index is 1.30. The number of ether oxygens (including phenoxy) is 3. The van der Waals surface area contributed by atoms with Crippen molar-refractivity contribution in [2.75, 3.05) is 32.2 Å². The van der Waals surface area contributed by atoms with Crippen molar-refractivity contribution in [1.29, 1.82) is 0 Å². The zero-order chi connectivity index (χ0) is 26.4. The van der Waals surface area contributed by atoms with Crippen LogP contribution in [0.3, 0.4) is 0 Å². The lowest BCUT2D eigenvalue weighted by Crippen LogP contribution is -2.30. The molecule has 2 aliphatic rings. The lowest BCUT2D eigenvalue weighted by atomic mass is 10.0. The van der Waals surface area contributed by atoms with E-state index in [1.54, 1.807) is 12.1 Å². The largest absolute Gasteiger partial charge is 0.507 e. The third-order valence-electron chi connectivity index (χ3n) is 6.10. The van der Waals surface area contributed by atoms with Crippen molar-refractivity contribution in [3.05, 3.63) is 29.5 Å². The van der Waals surface area contributed by atoms with Gasteiger partial charge in [0.2, 0.25) is 0 Å². The van der Waals surface area contributed by atoms with Gasteiger partial charge in [0, 0.05) is 42.1 Å². The zero-order valence-corrected chi connectivity index (χ0v) is 21.2. The maximum absolute atomic E-state index is 12.5. The molecule has 2 unspecified atom stereocenters. The first-order chi connectivity index (χ1) is 17.8. The second-order valence-electron chi connectivity index (χ2n) is 9.28. The third kappa shape index (κ3) is 6.91. The molecule has 2 aromatic rings. The van der Waals surface area contributed by atoms with Crippen molar-refractivity contribution in [2.24, 2.45) is 4.99 Å². The number of hydrogen-bond donors (Lipinski definition) is 3. The van der Waals surface area contributed by atoms with Crippen LogP contribution in [0, 0.1) is 0 Å². The molecule has 1 saturated heterocycles. The van der Waals surface area contributed by atoms with Crippen LogP contribution in [0.2, 0.25) is 0 Å². The van der Waals surface area contributed by atoms with Gasteiger partial charge in [-0.3, -0.25) is 19.7 Å². The molecule has 2 fully saturated rings. The maximum Gasteiger partial charge on any atom is 0.434 e. The van der Waals surface area contributed by atoms with E-state index in [4.69, 9.17) is 19.0 Å². The number of carbonyl (C=O) groups excluding carboxylic acids is 2. The summed E-state index contributed by atoms with van der Waals surface area (Å²) in [6, 6.07) is 4.83. The number of amides is 2. The Morgan fingerprint density at radius 1 is 1.35 bits per heavy atom. The summed E-state index contributed by atoms with van der Waals surface area (Å²) in [5.41, 5.74) is 1.22. The van der Waals surface area contributed by atoms with Crippen LogP contribution < -0.4 is 14.8 Å². The van der Waals surface area contributed by atoms with Gasteiger partial charge in [0.25, 0.3) is 5.91 Å². The van der Waals surface area contributed by atoms with Crippen molar-refractivity contribution >= 4 is 24.0 Å². The van der Waals surface area contributed by atoms with Crippen LogP contribution in [-0.2, 0) is 14.4 Å². The van der Waals surface area contributed by atoms with Crippen LogP contribution in [0.4, 0.5) is 10.6 Å². The van der Waals surface area contributed by atoms with Crippen LogP contribution in [0.15, 0.2) is 23.2 Å². The molecular formula is C25H33N5O7. The molecule has 37 heavy (non-hydrogen) atoms. The molecule has 0 spiro atoms. The number of rotatable bonds is 9. The molecule has 1 saturated carbocycles. The fourth-order valence-electron chi connectivity index (χ4n) is 4.23. The molecule has 2 amide bonds. The Bertz CT molecular complexity index is 1130. The molecule has 200 valence electrons. The van der Waals surface area contributed by atoms with Crippen molar-refractivity contribution < 1.29 is 33.7 Å². The topological polar surface area (TPSA) is 148 Å². The monoisotopic (exact) mass is 515 g/mol. The van der Waals surface area contributed by atoms with Gasteiger partial charge >= 0.3 is 6.09 Å². The van der Waals surface area contributed by atoms with Gasteiger partial charge in [-0.25, -0.2) is 4.79 Å². The molecule has 2 heterocycles. The van der Waals surface area contributed by atoms with Gasteiger partial charge in [0.1, 0.15) is 23.4 Å². The number of phenolic OH excluding ortho intramolecular Hbond substituents is 1. The first-order valence-corrected chi connectivity index (χ1v) is 12.4. The summed E-state index contributed by atoms with van der Waals surface area (Å²) in [6.07, 6.45) is 3.93. The average Bonchev–Trinajstić information content (AvgIpc) is 3.63. The van der Waals surface area contributed by atoms with E-state index in [1.807, 2.05) is 13.8 Å². The Labute approximate surface area is 214 Å². The van der Waals surface area contributed by atoms with Crippen molar-refractivity contribution in [1.82, 2.24) is 15.3 Å². The molecule has 3 N–H and O–H groups in total. The predicted molar refractivity (Wildman–Crippen MR) is 134 cm³/mol. The highest BCUT2D eigenvalue weighted by atomic mass is 16.7. The van der Waals surface area contributed by atoms with E-state index in [2.05, 4.69) is 20.5 Å². The van der Waals surface area contributed by atoms with Gasteiger partial charge in [0.05, 0.1) is 25.8 Å². The number of aromatic hydroxyl groups is 1.